The first-order chi connectivity index (χ1) is 21.0. The molecule has 0 aromatic heterocycles. The molecular formula is C35H49F3O7. The van der Waals surface area contributed by atoms with Crippen molar-refractivity contribution in [1.29, 1.82) is 0 Å². The second-order valence-corrected chi connectivity index (χ2v) is 13.7. The number of rotatable bonds is 13. The van der Waals surface area contributed by atoms with Crippen LogP contribution >= 0.6 is 0 Å². The van der Waals surface area contributed by atoms with Gasteiger partial charge in [0.15, 0.2) is 6.10 Å². The third kappa shape index (κ3) is 8.29. The molecule has 3 rings (SSSR count). The van der Waals surface area contributed by atoms with Crippen molar-refractivity contribution in [3.05, 3.63) is 47.5 Å². The molecule has 252 valence electrons. The second kappa shape index (κ2) is 14.7. The monoisotopic (exact) mass is 638 g/mol. The Labute approximate surface area is 265 Å². The highest BCUT2D eigenvalue weighted by Gasteiger charge is 2.64. The van der Waals surface area contributed by atoms with Crippen LogP contribution in [0.5, 0.6) is 0 Å². The van der Waals surface area contributed by atoms with Crippen LogP contribution in [0.15, 0.2) is 42.0 Å². The maximum Gasteiger partial charge on any atom is 0.432 e. The Bertz CT molecular complexity index is 1210. The second-order valence-electron chi connectivity index (χ2n) is 13.7. The number of benzene rings is 1. The highest BCUT2D eigenvalue weighted by Crippen LogP contribution is 2.58. The highest BCUT2D eigenvalue weighted by molar-refractivity contribution is 5.83. The summed E-state index contributed by atoms with van der Waals surface area (Å²) in [6.45, 7) is 11.3. The molecule has 45 heavy (non-hydrogen) atoms. The van der Waals surface area contributed by atoms with Gasteiger partial charge in [-0.2, -0.15) is 13.2 Å². The van der Waals surface area contributed by atoms with Crippen LogP contribution in [0.3, 0.4) is 0 Å². The lowest BCUT2D eigenvalue weighted by Gasteiger charge is -2.53. The third-order valence-corrected chi connectivity index (χ3v) is 10.1. The van der Waals surface area contributed by atoms with Crippen molar-refractivity contribution in [2.24, 2.45) is 28.6 Å². The maximum atomic E-state index is 14.3. The van der Waals surface area contributed by atoms with E-state index in [-0.39, 0.29) is 23.2 Å². The summed E-state index contributed by atoms with van der Waals surface area (Å²) in [4.78, 5) is 37.4. The first-order valence-corrected chi connectivity index (χ1v) is 15.9. The summed E-state index contributed by atoms with van der Waals surface area (Å²) < 4.78 is 63.2. The predicted octanol–water partition coefficient (Wildman–Crippen LogP) is 7.71. The SMILES string of the molecule is CO[C@@](C(=O)O[C@H](COC(C)=O)COC(=O)CC(C)CC[C@]1(C)C2=CCCC(C)(C)[C@H]2CC[C@@H]1C)(c1ccccc1)C(F)(F)F. The molecule has 0 radical (unpaired) electrons. The minimum atomic E-state index is -5.19. The van der Waals surface area contributed by atoms with Crippen LogP contribution in [0.2, 0.25) is 0 Å². The fourth-order valence-electron chi connectivity index (χ4n) is 7.05. The number of methoxy groups -OCH3 is 1. The topological polar surface area (TPSA) is 88.1 Å². The van der Waals surface area contributed by atoms with Gasteiger partial charge in [0.1, 0.15) is 13.2 Å². The molecular weight excluding hydrogens is 589 g/mol. The number of esters is 3. The summed E-state index contributed by atoms with van der Waals surface area (Å²) in [5, 5.41) is 0. The molecule has 0 N–H and O–H groups in total. The van der Waals surface area contributed by atoms with Crippen LogP contribution in [0.1, 0.15) is 92.1 Å². The van der Waals surface area contributed by atoms with Crippen molar-refractivity contribution in [2.45, 2.75) is 104 Å². The number of carbonyl (C=O) groups excluding carboxylic acids is 3. The molecule has 0 heterocycles. The van der Waals surface area contributed by atoms with E-state index in [0.717, 1.165) is 45.4 Å². The molecule has 0 spiro atoms. The number of fused-ring (bicyclic) bond motifs is 1. The standard InChI is InChI=1S/C35H49F3O7/c1-23(17-19-33(6)24(2)15-16-28-29(33)14-11-18-32(28,4)5)20-30(40)44-22-27(21-43-25(3)39)45-31(41)34(42-7,35(36,37)38)26-12-9-8-10-13-26/h8-10,12-14,23-24,27-28H,11,15-22H2,1-7H3/t23?,24-,27+,28-,33-,34+/m0/s1. The van der Waals surface area contributed by atoms with Gasteiger partial charge >= 0.3 is 24.1 Å². The predicted molar refractivity (Wildman–Crippen MR) is 163 cm³/mol. The van der Waals surface area contributed by atoms with Gasteiger partial charge in [-0.3, -0.25) is 9.59 Å². The molecule has 1 saturated carbocycles. The first kappa shape index (κ1) is 36.6. The zero-order valence-corrected chi connectivity index (χ0v) is 27.6. The van der Waals surface area contributed by atoms with Gasteiger partial charge in [-0.1, -0.05) is 76.6 Å². The van der Waals surface area contributed by atoms with Crippen molar-refractivity contribution in [3.63, 3.8) is 0 Å². The average Bonchev–Trinajstić information content (AvgIpc) is 2.96. The minimum absolute atomic E-state index is 0.0157. The van der Waals surface area contributed by atoms with E-state index >= 15 is 0 Å². The summed E-state index contributed by atoms with van der Waals surface area (Å²) in [6.07, 6.45) is 2.24. The van der Waals surface area contributed by atoms with E-state index in [9.17, 15) is 27.6 Å². The summed E-state index contributed by atoms with van der Waals surface area (Å²) in [7, 11) is 0.755. The summed E-state index contributed by atoms with van der Waals surface area (Å²) in [5.41, 5.74) is -2.04. The maximum absolute atomic E-state index is 14.3. The van der Waals surface area contributed by atoms with E-state index in [0.29, 0.717) is 11.8 Å². The van der Waals surface area contributed by atoms with Gasteiger partial charge in [-0.05, 0) is 67.1 Å². The average molecular weight is 639 g/mol. The lowest BCUT2D eigenvalue weighted by Crippen LogP contribution is -2.53. The van der Waals surface area contributed by atoms with Gasteiger partial charge in [0.05, 0.1) is 0 Å². The summed E-state index contributed by atoms with van der Waals surface area (Å²) in [6, 6.07) is 6.36. The van der Waals surface area contributed by atoms with Gasteiger partial charge in [-0.15, -0.1) is 0 Å². The Kier molecular flexibility index (Phi) is 11.9. The highest BCUT2D eigenvalue weighted by atomic mass is 19.4. The molecule has 2 aliphatic carbocycles. The third-order valence-electron chi connectivity index (χ3n) is 10.1. The van der Waals surface area contributed by atoms with Crippen molar-refractivity contribution in [3.8, 4) is 0 Å². The fraction of sp³-hybridized carbons (Fsp3) is 0.686. The van der Waals surface area contributed by atoms with E-state index < -0.39 is 54.6 Å². The van der Waals surface area contributed by atoms with E-state index in [1.54, 1.807) is 5.57 Å². The molecule has 1 unspecified atom stereocenters. The molecule has 1 fully saturated rings. The normalized spacial score (nSPS) is 25.5. The van der Waals surface area contributed by atoms with Crippen LogP contribution in [0.4, 0.5) is 13.2 Å². The Morgan fingerprint density at radius 2 is 1.67 bits per heavy atom. The van der Waals surface area contributed by atoms with Crippen LogP contribution in [0.25, 0.3) is 0 Å². The van der Waals surface area contributed by atoms with Gasteiger partial charge < -0.3 is 18.9 Å². The van der Waals surface area contributed by atoms with E-state index in [1.165, 1.54) is 37.5 Å². The molecule has 6 atom stereocenters. The Balaban J connectivity index is 1.64. The van der Waals surface area contributed by atoms with Crippen molar-refractivity contribution >= 4 is 17.9 Å². The number of hydrogen-bond acceptors (Lipinski definition) is 7. The van der Waals surface area contributed by atoms with Crippen LogP contribution in [-0.4, -0.2) is 50.5 Å². The van der Waals surface area contributed by atoms with Crippen molar-refractivity contribution in [2.75, 3.05) is 20.3 Å². The van der Waals surface area contributed by atoms with Crippen LogP contribution < -0.4 is 0 Å². The lowest BCUT2D eigenvalue weighted by molar-refractivity contribution is -0.279. The number of halogens is 3. The molecule has 0 amide bonds. The van der Waals surface area contributed by atoms with Crippen molar-refractivity contribution < 1.29 is 46.5 Å². The van der Waals surface area contributed by atoms with Gasteiger partial charge in [-0.25, -0.2) is 4.79 Å². The number of allylic oxidation sites excluding steroid dienone is 2. The lowest BCUT2D eigenvalue weighted by atomic mass is 9.52. The number of alkyl halides is 3. The Morgan fingerprint density at radius 3 is 2.27 bits per heavy atom. The molecule has 10 heteroatoms. The molecule has 0 bridgehead atoms. The Hall–Kier alpha value is -2.88. The van der Waals surface area contributed by atoms with Crippen molar-refractivity contribution in [1.82, 2.24) is 0 Å². The number of hydrogen-bond donors (Lipinski definition) is 0. The molecule has 7 nitrogen and oxygen atoms in total. The first-order valence-electron chi connectivity index (χ1n) is 15.9. The number of ether oxygens (including phenoxy) is 4. The molecule has 0 saturated heterocycles. The summed E-state index contributed by atoms with van der Waals surface area (Å²) >= 11 is 0. The van der Waals surface area contributed by atoms with Gasteiger partial charge in [0, 0.05) is 26.0 Å². The minimum Gasteiger partial charge on any atom is -0.462 e. The Morgan fingerprint density at radius 1 is 1.02 bits per heavy atom. The van der Waals surface area contributed by atoms with Gasteiger partial charge in [0.25, 0.3) is 5.60 Å². The molecule has 2 aliphatic rings. The summed E-state index contributed by atoms with van der Waals surface area (Å²) in [5.74, 6) is -2.01. The quantitative estimate of drug-likeness (QED) is 0.124. The smallest absolute Gasteiger partial charge is 0.432 e. The van der Waals surface area contributed by atoms with E-state index in [4.69, 9.17) is 18.9 Å². The zero-order chi connectivity index (χ0) is 33.6. The fourth-order valence-corrected chi connectivity index (χ4v) is 7.05. The molecule has 0 aliphatic heterocycles. The molecule has 1 aromatic rings. The van der Waals surface area contributed by atoms with Crippen LogP contribution in [-0.2, 0) is 38.9 Å². The van der Waals surface area contributed by atoms with E-state index in [2.05, 4.69) is 33.8 Å². The van der Waals surface area contributed by atoms with Crippen LogP contribution in [0, 0.1) is 28.6 Å². The van der Waals surface area contributed by atoms with Gasteiger partial charge in [0.2, 0.25) is 0 Å². The number of carbonyl (C=O) groups is 3. The molecule has 1 aromatic carbocycles. The zero-order valence-electron chi connectivity index (χ0n) is 27.6. The largest absolute Gasteiger partial charge is 0.462 e. The van der Waals surface area contributed by atoms with E-state index in [1.807, 2.05) is 6.92 Å².